The van der Waals surface area contributed by atoms with Gasteiger partial charge in [-0.3, -0.25) is 14.6 Å². The number of hydrogen-bond donors (Lipinski definition) is 0. The van der Waals surface area contributed by atoms with Gasteiger partial charge in [0.2, 0.25) is 0 Å². The molecule has 0 radical (unpaired) electrons. The molecule has 1 atom stereocenters. The van der Waals surface area contributed by atoms with Crippen molar-refractivity contribution in [2.45, 2.75) is 18.9 Å². The molecule has 8 nitrogen and oxygen atoms in total. The predicted octanol–water partition coefficient (Wildman–Crippen LogP) is 1.38. The summed E-state index contributed by atoms with van der Waals surface area (Å²) in [6.45, 7) is 3.03. The van der Waals surface area contributed by atoms with Crippen LogP contribution in [0, 0.1) is 0 Å². The van der Waals surface area contributed by atoms with Gasteiger partial charge in [0.1, 0.15) is 0 Å². The zero-order chi connectivity index (χ0) is 17.9. The van der Waals surface area contributed by atoms with Crippen LogP contribution >= 0.6 is 11.5 Å². The molecule has 136 valence electrons. The van der Waals surface area contributed by atoms with Crippen LogP contribution in [0.1, 0.15) is 45.4 Å². The van der Waals surface area contributed by atoms with E-state index in [2.05, 4.69) is 14.6 Å². The van der Waals surface area contributed by atoms with E-state index in [1.54, 1.807) is 27.4 Å². The number of ether oxygens (including phenoxy) is 1. The highest BCUT2D eigenvalue weighted by atomic mass is 32.1. The van der Waals surface area contributed by atoms with Gasteiger partial charge in [0.05, 0.1) is 30.5 Å². The van der Waals surface area contributed by atoms with E-state index in [4.69, 9.17) is 4.74 Å². The van der Waals surface area contributed by atoms with Crippen molar-refractivity contribution in [3.63, 3.8) is 0 Å². The Morgan fingerprint density at radius 2 is 2.00 bits per heavy atom. The van der Waals surface area contributed by atoms with Gasteiger partial charge in [-0.2, -0.15) is 0 Å². The Labute approximate surface area is 154 Å². The molecule has 1 unspecified atom stereocenters. The van der Waals surface area contributed by atoms with Gasteiger partial charge >= 0.3 is 0 Å². The maximum atomic E-state index is 12.6. The molecule has 2 aromatic rings. The number of aromatic nitrogens is 3. The first-order valence-corrected chi connectivity index (χ1v) is 9.48. The molecule has 4 heterocycles. The molecule has 9 heteroatoms. The molecular weight excluding hydrogens is 354 g/mol. The summed E-state index contributed by atoms with van der Waals surface area (Å²) in [6.07, 6.45) is 3.38. The standard InChI is InChI=1S/C17H19N5O3S/c23-16(21-6-8-25-9-7-21)12-3-4-13(18-10-12)15-2-1-5-22(15)17(24)14-11-26-20-19-14/h3-4,10-11,15H,1-2,5-9H2. The summed E-state index contributed by atoms with van der Waals surface area (Å²) in [5.41, 5.74) is 1.74. The normalized spacial score (nSPS) is 20.4. The van der Waals surface area contributed by atoms with E-state index in [1.165, 1.54) is 11.5 Å². The highest BCUT2D eigenvalue weighted by Gasteiger charge is 2.32. The second kappa shape index (κ2) is 7.46. The van der Waals surface area contributed by atoms with Crippen LogP contribution in [0.25, 0.3) is 0 Å². The highest BCUT2D eigenvalue weighted by molar-refractivity contribution is 7.03. The minimum absolute atomic E-state index is 0.0275. The first kappa shape index (κ1) is 17.0. The van der Waals surface area contributed by atoms with Crippen molar-refractivity contribution >= 4 is 23.3 Å². The van der Waals surface area contributed by atoms with Gasteiger partial charge in [-0.15, -0.1) is 5.10 Å². The van der Waals surface area contributed by atoms with E-state index >= 15 is 0 Å². The number of carbonyl (C=O) groups excluding carboxylic acids is 2. The Kier molecular flexibility index (Phi) is 4.89. The van der Waals surface area contributed by atoms with Crippen molar-refractivity contribution in [1.82, 2.24) is 24.4 Å². The minimum atomic E-state index is -0.114. The van der Waals surface area contributed by atoms with E-state index in [0.29, 0.717) is 44.1 Å². The van der Waals surface area contributed by atoms with Crippen LogP contribution in [0.3, 0.4) is 0 Å². The maximum absolute atomic E-state index is 12.6. The number of hydrogen-bond acceptors (Lipinski definition) is 7. The van der Waals surface area contributed by atoms with Crippen molar-refractivity contribution in [2.75, 3.05) is 32.8 Å². The molecule has 2 aromatic heterocycles. The number of rotatable bonds is 3. The van der Waals surface area contributed by atoms with Crippen LogP contribution in [-0.4, -0.2) is 69.0 Å². The number of morpholine rings is 1. The van der Waals surface area contributed by atoms with E-state index in [1.807, 2.05) is 6.07 Å². The number of nitrogens with zero attached hydrogens (tertiary/aromatic N) is 5. The van der Waals surface area contributed by atoms with Crippen molar-refractivity contribution in [1.29, 1.82) is 0 Å². The summed E-state index contributed by atoms with van der Waals surface area (Å²) in [6, 6.07) is 3.56. The number of carbonyl (C=O) groups is 2. The summed E-state index contributed by atoms with van der Waals surface area (Å²) in [7, 11) is 0. The molecule has 0 N–H and O–H groups in total. The fourth-order valence-corrected chi connectivity index (χ4v) is 3.83. The fourth-order valence-electron chi connectivity index (χ4n) is 3.40. The molecule has 0 bridgehead atoms. The first-order valence-electron chi connectivity index (χ1n) is 8.65. The van der Waals surface area contributed by atoms with E-state index in [9.17, 15) is 9.59 Å². The monoisotopic (exact) mass is 373 g/mol. The minimum Gasteiger partial charge on any atom is -0.378 e. The van der Waals surface area contributed by atoms with Crippen LogP contribution in [0.5, 0.6) is 0 Å². The third kappa shape index (κ3) is 3.32. The second-order valence-corrected chi connectivity index (χ2v) is 6.93. The molecule has 0 aliphatic carbocycles. The van der Waals surface area contributed by atoms with E-state index < -0.39 is 0 Å². The van der Waals surface area contributed by atoms with Gasteiger partial charge in [0.25, 0.3) is 11.8 Å². The summed E-state index contributed by atoms with van der Waals surface area (Å²) in [5.74, 6) is -0.142. The topological polar surface area (TPSA) is 88.5 Å². The molecule has 0 spiro atoms. The van der Waals surface area contributed by atoms with Gasteiger partial charge in [0, 0.05) is 31.2 Å². The molecule has 0 saturated carbocycles. The SMILES string of the molecule is O=C(c1ccc(C2CCCN2C(=O)c2csnn2)nc1)N1CCOCC1. The molecule has 2 aliphatic heterocycles. The quantitative estimate of drug-likeness (QED) is 0.808. The van der Waals surface area contributed by atoms with Crippen LogP contribution in [0.4, 0.5) is 0 Å². The Hall–Kier alpha value is -2.39. The fraction of sp³-hybridized carbons (Fsp3) is 0.471. The molecule has 2 saturated heterocycles. The molecule has 0 aromatic carbocycles. The van der Waals surface area contributed by atoms with Gasteiger partial charge in [-0.25, -0.2) is 0 Å². The lowest BCUT2D eigenvalue weighted by Gasteiger charge is -2.27. The van der Waals surface area contributed by atoms with Crippen LogP contribution in [0.2, 0.25) is 0 Å². The van der Waals surface area contributed by atoms with Crippen LogP contribution in [0.15, 0.2) is 23.7 Å². The maximum Gasteiger partial charge on any atom is 0.275 e. The van der Waals surface area contributed by atoms with E-state index in [0.717, 1.165) is 18.5 Å². The largest absolute Gasteiger partial charge is 0.378 e. The Morgan fingerprint density at radius 3 is 2.69 bits per heavy atom. The summed E-state index contributed by atoms with van der Waals surface area (Å²) >= 11 is 1.17. The third-order valence-electron chi connectivity index (χ3n) is 4.77. The van der Waals surface area contributed by atoms with Gasteiger partial charge in [-0.1, -0.05) is 4.49 Å². The third-order valence-corrected chi connectivity index (χ3v) is 5.27. The molecule has 2 fully saturated rings. The number of likely N-dealkylation sites (tertiary alicyclic amines) is 1. The average Bonchev–Trinajstić information content (AvgIpc) is 3.40. The molecule has 2 aliphatic rings. The zero-order valence-electron chi connectivity index (χ0n) is 14.2. The lowest BCUT2D eigenvalue weighted by Crippen LogP contribution is -2.40. The van der Waals surface area contributed by atoms with Gasteiger partial charge in [0.15, 0.2) is 5.69 Å². The zero-order valence-corrected chi connectivity index (χ0v) is 15.0. The predicted molar refractivity (Wildman–Crippen MR) is 93.9 cm³/mol. The molecular formula is C17H19N5O3S. The van der Waals surface area contributed by atoms with Crippen LogP contribution < -0.4 is 0 Å². The summed E-state index contributed by atoms with van der Waals surface area (Å²) < 4.78 is 9.05. The smallest absolute Gasteiger partial charge is 0.275 e. The molecule has 26 heavy (non-hydrogen) atoms. The highest BCUT2D eigenvalue weighted by Crippen LogP contribution is 2.32. The summed E-state index contributed by atoms with van der Waals surface area (Å²) in [5, 5.41) is 5.54. The number of pyridine rings is 1. The van der Waals surface area contributed by atoms with Crippen molar-refractivity contribution in [3.05, 3.63) is 40.7 Å². The second-order valence-electron chi connectivity index (χ2n) is 6.32. The number of amides is 2. The van der Waals surface area contributed by atoms with Crippen molar-refractivity contribution < 1.29 is 14.3 Å². The molecule has 2 amide bonds. The summed E-state index contributed by atoms with van der Waals surface area (Å²) in [4.78, 5) is 33.2. The van der Waals surface area contributed by atoms with Gasteiger partial charge < -0.3 is 14.5 Å². The van der Waals surface area contributed by atoms with Crippen LogP contribution in [-0.2, 0) is 4.74 Å². The average molecular weight is 373 g/mol. The van der Waals surface area contributed by atoms with E-state index in [-0.39, 0.29) is 17.9 Å². The molecule has 4 rings (SSSR count). The van der Waals surface area contributed by atoms with Gasteiger partial charge in [-0.05, 0) is 36.5 Å². The lowest BCUT2D eigenvalue weighted by molar-refractivity contribution is 0.0302. The Bertz CT molecular complexity index is 774. The lowest BCUT2D eigenvalue weighted by atomic mass is 10.1. The van der Waals surface area contributed by atoms with Crippen molar-refractivity contribution in [2.24, 2.45) is 0 Å². The Morgan fingerprint density at radius 1 is 1.15 bits per heavy atom. The Balaban J connectivity index is 1.49. The van der Waals surface area contributed by atoms with Crippen molar-refractivity contribution in [3.8, 4) is 0 Å². The first-order chi connectivity index (χ1) is 12.7.